The van der Waals surface area contributed by atoms with E-state index in [-0.39, 0.29) is 17.3 Å². The molecule has 146 valence electrons. The SMILES string of the molecule is Cc1ccc(S(=O)(=O)Oc2ccc(OCC(=O)OC(C)(C)C)cc2)c(C)c1. The summed E-state index contributed by atoms with van der Waals surface area (Å²) in [6, 6.07) is 11.0. The van der Waals surface area contributed by atoms with Crippen LogP contribution >= 0.6 is 0 Å². The van der Waals surface area contributed by atoms with Crippen molar-refractivity contribution in [1.29, 1.82) is 0 Å². The molecule has 0 N–H and O–H groups in total. The number of hydrogen-bond donors (Lipinski definition) is 0. The molecule has 0 heterocycles. The fraction of sp³-hybridized carbons (Fsp3) is 0.350. The molecule has 6 nitrogen and oxygen atoms in total. The normalized spacial score (nSPS) is 11.7. The first-order valence-corrected chi connectivity index (χ1v) is 9.83. The van der Waals surface area contributed by atoms with Crippen LogP contribution in [0.25, 0.3) is 0 Å². The van der Waals surface area contributed by atoms with Gasteiger partial charge in [0.25, 0.3) is 0 Å². The zero-order valence-electron chi connectivity index (χ0n) is 16.1. The van der Waals surface area contributed by atoms with E-state index in [2.05, 4.69) is 0 Å². The third-order valence-electron chi connectivity index (χ3n) is 3.41. The molecule has 0 saturated heterocycles. The van der Waals surface area contributed by atoms with Crippen LogP contribution in [-0.4, -0.2) is 26.6 Å². The molecule has 0 spiro atoms. The van der Waals surface area contributed by atoms with E-state index in [4.69, 9.17) is 13.7 Å². The highest BCUT2D eigenvalue weighted by molar-refractivity contribution is 7.87. The summed E-state index contributed by atoms with van der Waals surface area (Å²) in [6.07, 6.45) is 0. The van der Waals surface area contributed by atoms with E-state index in [0.717, 1.165) is 5.56 Å². The fourth-order valence-electron chi connectivity index (χ4n) is 2.36. The number of esters is 1. The summed E-state index contributed by atoms with van der Waals surface area (Å²) in [5, 5.41) is 0. The molecule has 0 aliphatic heterocycles. The highest BCUT2D eigenvalue weighted by Gasteiger charge is 2.20. The van der Waals surface area contributed by atoms with Crippen molar-refractivity contribution in [2.24, 2.45) is 0 Å². The van der Waals surface area contributed by atoms with Gasteiger partial charge in [-0.05, 0) is 70.5 Å². The average Bonchev–Trinajstić information content (AvgIpc) is 2.52. The lowest BCUT2D eigenvalue weighted by molar-refractivity contribution is -0.157. The van der Waals surface area contributed by atoms with E-state index in [1.807, 2.05) is 6.92 Å². The van der Waals surface area contributed by atoms with E-state index in [0.29, 0.717) is 11.3 Å². The minimum absolute atomic E-state index is 0.123. The number of rotatable bonds is 6. The fourth-order valence-corrected chi connectivity index (χ4v) is 3.50. The Morgan fingerprint density at radius 1 is 0.963 bits per heavy atom. The van der Waals surface area contributed by atoms with Crippen LogP contribution in [0.1, 0.15) is 31.9 Å². The molecule has 0 aromatic heterocycles. The lowest BCUT2D eigenvalue weighted by Gasteiger charge is -2.19. The molecule has 0 amide bonds. The quantitative estimate of drug-likeness (QED) is 0.550. The van der Waals surface area contributed by atoms with Gasteiger partial charge in [0.2, 0.25) is 0 Å². The maximum absolute atomic E-state index is 12.5. The highest BCUT2D eigenvalue weighted by atomic mass is 32.2. The molecule has 0 saturated carbocycles. The highest BCUT2D eigenvalue weighted by Crippen LogP contribution is 2.24. The largest absolute Gasteiger partial charge is 0.482 e. The Bertz CT molecular complexity index is 908. The monoisotopic (exact) mass is 392 g/mol. The second-order valence-electron chi connectivity index (χ2n) is 7.15. The predicted octanol–water partition coefficient (Wildman–Crippen LogP) is 3.79. The van der Waals surface area contributed by atoms with E-state index in [1.54, 1.807) is 39.8 Å². The first-order valence-electron chi connectivity index (χ1n) is 8.43. The van der Waals surface area contributed by atoms with Gasteiger partial charge < -0.3 is 13.7 Å². The molecule has 0 atom stereocenters. The Hall–Kier alpha value is -2.54. The second-order valence-corrected chi connectivity index (χ2v) is 8.67. The van der Waals surface area contributed by atoms with Gasteiger partial charge in [-0.2, -0.15) is 8.42 Å². The standard InChI is InChI=1S/C20H24O6S/c1-14-6-11-18(15(2)12-14)27(22,23)26-17-9-7-16(8-10-17)24-13-19(21)25-20(3,4)5/h6-12H,13H2,1-5H3. The zero-order chi connectivity index (χ0) is 20.2. The van der Waals surface area contributed by atoms with Crippen molar-refractivity contribution >= 4 is 16.1 Å². The van der Waals surface area contributed by atoms with Gasteiger partial charge in [-0.25, -0.2) is 4.79 Å². The van der Waals surface area contributed by atoms with Crippen LogP contribution in [0.5, 0.6) is 11.5 Å². The molecular weight excluding hydrogens is 368 g/mol. The number of ether oxygens (including phenoxy) is 2. The van der Waals surface area contributed by atoms with Crippen LogP contribution in [0, 0.1) is 13.8 Å². The maximum Gasteiger partial charge on any atom is 0.344 e. The van der Waals surface area contributed by atoms with Gasteiger partial charge >= 0.3 is 16.1 Å². The molecule has 7 heteroatoms. The lowest BCUT2D eigenvalue weighted by atomic mass is 10.2. The lowest BCUT2D eigenvalue weighted by Crippen LogP contribution is -2.27. The number of aryl methyl sites for hydroxylation is 2. The average molecular weight is 392 g/mol. The second kappa shape index (κ2) is 8.00. The van der Waals surface area contributed by atoms with Gasteiger partial charge in [0.05, 0.1) is 0 Å². The van der Waals surface area contributed by atoms with Crippen LogP contribution in [0.3, 0.4) is 0 Å². The van der Waals surface area contributed by atoms with Crippen LogP contribution in [0.4, 0.5) is 0 Å². The molecular formula is C20H24O6S. The predicted molar refractivity (Wildman–Crippen MR) is 102 cm³/mol. The molecule has 0 radical (unpaired) electrons. The Morgan fingerprint density at radius 3 is 2.11 bits per heavy atom. The number of benzene rings is 2. The molecule has 2 aromatic rings. The molecule has 0 unspecified atom stereocenters. The van der Waals surface area contributed by atoms with E-state index in [1.165, 1.54) is 30.3 Å². The summed E-state index contributed by atoms with van der Waals surface area (Å²) >= 11 is 0. The van der Waals surface area contributed by atoms with E-state index < -0.39 is 21.7 Å². The topological polar surface area (TPSA) is 78.9 Å². The summed E-state index contributed by atoms with van der Waals surface area (Å²) in [5.74, 6) is 0.0666. The van der Waals surface area contributed by atoms with Crippen molar-refractivity contribution in [2.45, 2.75) is 45.1 Å². The zero-order valence-corrected chi connectivity index (χ0v) is 16.9. The van der Waals surface area contributed by atoms with E-state index >= 15 is 0 Å². The van der Waals surface area contributed by atoms with Crippen LogP contribution in [0.15, 0.2) is 47.4 Å². The Labute approximate surface area is 160 Å². The Morgan fingerprint density at radius 2 is 1.56 bits per heavy atom. The maximum atomic E-state index is 12.5. The molecule has 2 aromatic carbocycles. The van der Waals surface area contributed by atoms with Gasteiger partial charge in [-0.1, -0.05) is 17.7 Å². The molecule has 27 heavy (non-hydrogen) atoms. The minimum atomic E-state index is -3.93. The van der Waals surface area contributed by atoms with Crippen LogP contribution in [0.2, 0.25) is 0 Å². The Balaban J connectivity index is 2.02. The van der Waals surface area contributed by atoms with Gasteiger partial charge in [-0.3, -0.25) is 0 Å². The summed E-state index contributed by atoms with van der Waals surface area (Å²) in [7, 11) is -3.93. The molecule has 0 aliphatic carbocycles. The Kier molecular flexibility index (Phi) is 6.15. The summed E-state index contributed by atoms with van der Waals surface area (Å²) < 4.78 is 40.6. The van der Waals surface area contributed by atoms with Crippen molar-refractivity contribution < 1.29 is 26.9 Å². The van der Waals surface area contributed by atoms with Crippen molar-refractivity contribution in [2.75, 3.05) is 6.61 Å². The summed E-state index contributed by atoms with van der Waals surface area (Å²) in [4.78, 5) is 11.8. The minimum Gasteiger partial charge on any atom is -0.482 e. The number of hydrogen-bond acceptors (Lipinski definition) is 6. The number of carbonyl (C=O) groups excluding carboxylic acids is 1. The molecule has 0 bridgehead atoms. The molecule has 0 aliphatic rings. The number of carbonyl (C=O) groups is 1. The van der Waals surface area contributed by atoms with Crippen molar-refractivity contribution in [3.8, 4) is 11.5 Å². The van der Waals surface area contributed by atoms with E-state index in [9.17, 15) is 13.2 Å². The third kappa shape index (κ3) is 6.29. The van der Waals surface area contributed by atoms with Crippen molar-refractivity contribution in [1.82, 2.24) is 0 Å². The first kappa shape index (κ1) is 20.8. The molecule has 0 fully saturated rings. The van der Waals surface area contributed by atoms with Crippen LogP contribution < -0.4 is 8.92 Å². The van der Waals surface area contributed by atoms with Gasteiger partial charge in [0.1, 0.15) is 22.0 Å². The smallest absolute Gasteiger partial charge is 0.344 e. The van der Waals surface area contributed by atoms with Crippen molar-refractivity contribution in [3.63, 3.8) is 0 Å². The summed E-state index contributed by atoms with van der Waals surface area (Å²) in [6.45, 7) is 8.68. The first-order chi connectivity index (χ1) is 12.5. The third-order valence-corrected chi connectivity index (χ3v) is 4.81. The van der Waals surface area contributed by atoms with Gasteiger partial charge in [-0.15, -0.1) is 0 Å². The molecule has 2 rings (SSSR count). The van der Waals surface area contributed by atoms with Crippen molar-refractivity contribution in [3.05, 3.63) is 53.6 Å². The van der Waals surface area contributed by atoms with Gasteiger partial charge in [0.15, 0.2) is 6.61 Å². The van der Waals surface area contributed by atoms with Gasteiger partial charge in [0, 0.05) is 0 Å². The van der Waals surface area contributed by atoms with Crippen LogP contribution in [-0.2, 0) is 19.6 Å². The summed E-state index contributed by atoms with van der Waals surface area (Å²) in [5.41, 5.74) is 1.01.